The number of nitrogens with one attached hydrogen (secondary N) is 1. The second-order valence-corrected chi connectivity index (χ2v) is 7.44. The molecule has 0 amide bonds. The zero-order valence-electron chi connectivity index (χ0n) is 13.1. The predicted molar refractivity (Wildman–Crippen MR) is 85.0 cm³/mol. The van der Waals surface area contributed by atoms with Crippen LogP contribution in [0.15, 0.2) is 32.3 Å². The van der Waals surface area contributed by atoms with Crippen LogP contribution in [0.2, 0.25) is 0 Å². The van der Waals surface area contributed by atoms with E-state index in [9.17, 15) is 18.0 Å². The Bertz CT molecular complexity index is 913. The van der Waals surface area contributed by atoms with Crippen molar-refractivity contribution in [2.75, 3.05) is 13.2 Å². The highest BCUT2D eigenvalue weighted by molar-refractivity contribution is 7.89. The zero-order chi connectivity index (χ0) is 17.3. The van der Waals surface area contributed by atoms with Gasteiger partial charge in [-0.15, -0.1) is 0 Å². The summed E-state index contributed by atoms with van der Waals surface area (Å²) in [7, 11) is -3.90. The zero-order valence-corrected chi connectivity index (χ0v) is 14.0. The van der Waals surface area contributed by atoms with Gasteiger partial charge >= 0.3 is 11.7 Å². The molecule has 2 heterocycles. The average Bonchev–Trinajstić information content (AvgIpc) is 2.94. The first-order valence-electron chi connectivity index (χ1n) is 7.75. The van der Waals surface area contributed by atoms with Gasteiger partial charge in [-0.05, 0) is 38.3 Å². The largest absolute Gasteiger partial charge is 0.465 e. The van der Waals surface area contributed by atoms with Crippen LogP contribution in [0.1, 0.15) is 26.2 Å². The van der Waals surface area contributed by atoms with E-state index in [4.69, 9.17) is 9.15 Å². The van der Waals surface area contributed by atoms with Gasteiger partial charge in [0.25, 0.3) is 0 Å². The SMILES string of the molecule is CCOC(=O)[C@H]1CCCCN1S(=O)(=O)c1ccc2[nH]c(=O)oc2c1. The summed E-state index contributed by atoms with van der Waals surface area (Å²) in [6.07, 6.45) is 1.87. The highest BCUT2D eigenvalue weighted by atomic mass is 32.2. The fourth-order valence-electron chi connectivity index (χ4n) is 2.89. The van der Waals surface area contributed by atoms with Gasteiger partial charge in [-0.25, -0.2) is 13.2 Å². The summed E-state index contributed by atoms with van der Waals surface area (Å²) < 4.78 is 37.0. The fraction of sp³-hybridized carbons (Fsp3) is 0.467. The number of piperidine rings is 1. The van der Waals surface area contributed by atoms with Crippen molar-refractivity contribution in [3.8, 4) is 0 Å². The molecule has 1 aliphatic rings. The van der Waals surface area contributed by atoms with Crippen LogP contribution >= 0.6 is 0 Å². The molecule has 1 N–H and O–H groups in total. The molecule has 1 atom stereocenters. The van der Waals surface area contributed by atoms with Crippen LogP contribution in [0, 0.1) is 0 Å². The summed E-state index contributed by atoms with van der Waals surface area (Å²) in [5.74, 6) is -1.18. The number of carbonyl (C=O) groups is 1. The quantitative estimate of drug-likeness (QED) is 0.827. The Morgan fingerprint density at radius 1 is 1.42 bits per heavy atom. The fourth-order valence-corrected chi connectivity index (χ4v) is 4.55. The summed E-state index contributed by atoms with van der Waals surface area (Å²) in [4.78, 5) is 25.8. The van der Waals surface area contributed by atoms with Gasteiger partial charge in [0, 0.05) is 12.6 Å². The molecule has 0 unspecified atom stereocenters. The van der Waals surface area contributed by atoms with E-state index in [-0.39, 0.29) is 23.6 Å². The first-order chi connectivity index (χ1) is 11.4. The minimum atomic E-state index is -3.90. The number of aromatic amines is 1. The van der Waals surface area contributed by atoms with Gasteiger partial charge in [0.15, 0.2) is 5.58 Å². The minimum Gasteiger partial charge on any atom is -0.465 e. The number of benzene rings is 1. The van der Waals surface area contributed by atoms with Crippen LogP contribution in [-0.2, 0) is 19.6 Å². The molecule has 1 aliphatic heterocycles. The molecule has 24 heavy (non-hydrogen) atoms. The van der Waals surface area contributed by atoms with E-state index in [1.54, 1.807) is 6.92 Å². The van der Waals surface area contributed by atoms with Crippen LogP contribution in [0.3, 0.4) is 0 Å². The number of nitrogens with zero attached hydrogens (tertiary/aromatic N) is 1. The standard InChI is InChI=1S/C15H18N2O6S/c1-2-22-14(18)12-5-3-4-8-17(12)24(20,21)10-6-7-11-13(9-10)23-15(19)16-11/h6-7,9,12H,2-5,8H2,1H3,(H,16,19)/t12-/m1/s1. The second-order valence-electron chi connectivity index (χ2n) is 5.55. The van der Waals surface area contributed by atoms with E-state index in [1.807, 2.05) is 0 Å². The summed E-state index contributed by atoms with van der Waals surface area (Å²) in [5.41, 5.74) is 0.574. The number of H-pyrrole nitrogens is 1. The van der Waals surface area contributed by atoms with Crippen molar-refractivity contribution in [1.29, 1.82) is 0 Å². The van der Waals surface area contributed by atoms with Gasteiger partial charge in [-0.1, -0.05) is 0 Å². The van der Waals surface area contributed by atoms with Crippen molar-refractivity contribution >= 4 is 27.1 Å². The summed E-state index contributed by atoms with van der Waals surface area (Å²) in [6, 6.07) is 3.33. The average molecular weight is 354 g/mol. The van der Waals surface area contributed by atoms with Gasteiger partial charge < -0.3 is 9.15 Å². The molecule has 0 bridgehead atoms. The number of sulfonamides is 1. The number of hydrogen-bond acceptors (Lipinski definition) is 6. The molecule has 0 aliphatic carbocycles. The Kier molecular flexibility index (Phi) is 4.46. The molecule has 0 saturated carbocycles. The monoisotopic (exact) mass is 354 g/mol. The molecule has 130 valence electrons. The molecule has 2 aromatic rings. The van der Waals surface area contributed by atoms with E-state index in [2.05, 4.69) is 4.98 Å². The molecule has 0 spiro atoms. The normalized spacial score (nSPS) is 19.5. The maximum absolute atomic E-state index is 12.9. The van der Waals surface area contributed by atoms with Gasteiger partial charge in [-0.2, -0.15) is 4.31 Å². The van der Waals surface area contributed by atoms with Crippen LogP contribution in [0.25, 0.3) is 11.1 Å². The Hall–Kier alpha value is -2.13. The molecule has 9 heteroatoms. The highest BCUT2D eigenvalue weighted by Crippen LogP contribution is 2.27. The molecular formula is C15H18N2O6S. The van der Waals surface area contributed by atoms with E-state index < -0.39 is 27.8 Å². The Labute approximate surface area is 138 Å². The maximum Gasteiger partial charge on any atom is 0.417 e. The molecule has 1 fully saturated rings. The second kappa shape index (κ2) is 6.40. The first kappa shape index (κ1) is 16.7. The lowest BCUT2D eigenvalue weighted by atomic mass is 10.1. The van der Waals surface area contributed by atoms with Crippen molar-refractivity contribution in [3.05, 3.63) is 28.7 Å². The number of ether oxygens (including phenoxy) is 1. The van der Waals surface area contributed by atoms with E-state index in [0.29, 0.717) is 18.4 Å². The Balaban J connectivity index is 1.99. The summed E-state index contributed by atoms with van der Waals surface area (Å²) in [6.45, 7) is 2.13. The molecule has 1 saturated heterocycles. The van der Waals surface area contributed by atoms with Crippen LogP contribution in [-0.4, -0.2) is 42.9 Å². The Morgan fingerprint density at radius 3 is 2.96 bits per heavy atom. The van der Waals surface area contributed by atoms with Crippen molar-refractivity contribution in [2.24, 2.45) is 0 Å². The number of hydrogen-bond donors (Lipinski definition) is 1. The first-order valence-corrected chi connectivity index (χ1v) is 9.19. The number of fused-ring (bicyclic) bond motifs is 1. The lowest BCUT2D eigenvalue weighted by Gasteiger charge is -2.32. The lowest BCUT2D eigenvalue weighted by Crippen LogP contribution is -2.48. The number of esters is 1. The van der Waals surface area contributed by atoms with Gasteiger partial charge in [0.2, 0.25) is 10.0 Å². The van der Waals surface area contributed by atoms with E-state index in [0.717, 1.165) is 6.42 Å². The number of oxazole rings is 1. The van der Waals surface area contributed by atoms with Crippen molar-refractivity contribution in [3.63, 3.8) is 0 Å². The van der Waals surface area contributed by atoms with Crippen molar-refractivity contribution in [2.45, 2.75) is 37.1 Å². The topological polar surface area (TPSA) is 110 Å². The number of aromatic nitrogens is 1. The van der Waals surface area contributed by atoms with Crippen molar-refractivity contribution in [1.82, 2.24) is 9.29 Å². The third-order valence-electron chi connectivity index (χ3n) is 4.01. The molecule has 8 nitrogen and oxygen atoms in total. The number of carbonyl (C=O) groups excluding carboxylic acids is 1. The highest BCUT2D eigenvalue weighted by Gasteiger charge is 2.38. The predicted octanol–water partition coefficient (Wildman–Crippen LogP) is 1.23. The molecule has 1 aromatic heterocycles. The molecule has 1 aromatic carbocycles. The summed E-state index contributed by atoms with van der Waals surface area (Å²) in [5, 5.41) is 0. The van der Waals surface area contributed by atoms with Crippen molar-refractivity contribution < 1.29 is 22.4 Å². The maximum atomic E-state index is 12.9. The van der Waals surface area contributed by atoms with Gasteiger partial charge in [-0.3, -0.25) is 9.78 Å². The minimum absolute atomic E-state index is 0.0195. The smallest absolute Gasteiger partial charge is 0.417 e. The lowest BCUT2D eigenvalue weighted by molar-refractivity contribution is -0.148. The van der Waals surface area contributed by atoms with Gasteiger partial charge in [0.1, 0.15) is 6.04 Å². The molecule has 0 radical (unpaired) electrons. The molecule has 3 rings (SSSR count). The van der Waals surface area contributed by atoms with Crippen LogP contribution in [0.5, 0.6) is 0 Å². The third kappa shape index (κ3) is 2.96. The molecular weight excluding hydrogens is 336 g/mol. The third-order valence-corrected chi connectivity index (χ3v) is 5.92. The van der Waals surface area contributed by atoms with E-state index in [1.165, 1.54) is 22.5 Å². The Morgan fingerprint density at radius 2 is 2.21 bits per heavy atom. The van der Waals surface area contributed by atoms with Crippen LogP contribution < -0.4 is 5.76 Å². The van der Waals surface area contributed by atoms with E-state index >= 15 is 0 Å². The number of rotatable bonds is 4. The van der Waals surface area contributed by atoms with Crippen LogP contribution in [0.4, 0.5) is 0 Å². The van der Waals surface area contributed by atoms with Gasteiger partial charge in [0.05, 0.1) is 17.0 Å². The summed E-state index contributed by atoms with van der Waals surface area (Å²) >= 11 is 0.